The fourth-order valence-corrected chi connectivity index (χ4v) is 4.47. The molecular weight excluding hydrogens is 442 g/mol. The van der Waals surface area contributed by atoms with Crippen LogP contribution in [0.2, 0.25) is 0 Å². The first-order valence-electron chi connectivity index (χ1n) is 11.8. The maximum atomic E-state index is 13.2. The van der Waals surface area contributed by atoms with Crippen LogP contribution in [0.25, 0.3) is 0 Å². The minimum absolute atomic E-state index is 0.245. The van der Waals surface area contributed by atoms with Gasteiger partial charge in [0.1, 0.15) is 11.5 Å². The molecule has 8 heteroatoms. The number of aromatic nitrogens is 1. The molecular formula is C27H33N5O3. The first-order chi connectivity index (χ1) is 17.1. The highest BCUT2D eigenvalue weighted by Crippen LogP contribution is 2.36. The molecule has 35 heavy (non-hydrogen) atoms. The molecule has 2 aliphatic rings. The molecule has 0 aliphatic carbocycles. The predicted octanol–water partition coefficient (Wildman–Crippen LogP) is 3.23. The summed E-state index contributed by atoms with van der Waals surface area (Å²) in [5, 5.41) is 6.42. The van der Waals surface area contributed by atoms with Crippen molar-refractivity contribution in [3.05, 3.63) is 83.4 Å². The molecule has 0 radical (unpaired) electrons. The van der Waals surface area contributed by atoms with Gasteiger partial charge in [-0.2, -0.15) is 0 Å². The normalized spacial score (nSPS) is 16.1. The third kappa shape index (κ3) is 5.33. The first-order valence-corrected chi connectivity index (χ1v) is 11.8. The van der Waals surface area contributed by atoms with Gasteiger partial charge in [-0.1, -0.05) is 24.8 Å². The number of pyridine rings is 1. The minimum Gasteiger partial charge on any atom is -0.493 e. The van der Waals surface area contributed by atoms with Crippen LogP contribution < -0.4 is 25.0 Å². The number of allylic oxidation sites excluding steroid dienone is 3. The molecule has 1 fully saturated rings. The number of piperazine rings is 1. The lowest BCUT2D eigenvalue weighted by Gasteiger charge is -2.32. The Kier molecular flexibility index (Phi) is 7.72. The fraction of sp³-hybridized carbons (Fsp3) is 0.333. The second kappa shape index (κ2) is 11.1. The largest absolute Gasteiger partial charge is 0.493 e. The van der Waals surface area contributed by atoms with Crippen LogP contribution in [0.1, 0.15) is 28.5 Å². The topological polar surface area (TPSA) is 79.0 Å². The number of methoxy groups -OCH3 is 2. The van der Waals surface area contributed by atoms with Crippen molar-refractivity contribution in [2.24, 2.45) is 0 Å². The van der Waals surface area contributed by atoms with E-state index in [0.29, 0.717) is 30.3 Å². The molecule has 4 rings (SSSR count). The van der Waals surface area contributed by atoms with Gasteiger partial charge in [0.2, 0.25) is 0 Å². The summed E-state index contributed by atoms with van der Waals surface area (Å²) in [6.07, 6.45) is 5.60. The molecule has 0 unspecified atom stereocenters. The van der Waals surface area contributed by atoms with Crippen molar-refractivity contribution >= 4 is 11.7 Å². The monoisotopic (exact) mass is 475 g/mol. The highest BCUT2D eigenvalue weighted by Gasteiger charge is 2.24. The Morgan fingerprint density at radius 3 is 2.34 bits per heavy atom. The number of amides is 1. The molecule has 2 aromatic rings. The van der Waals surface area contributed by atoms with Gasteiger partial charge in [0, 0.05) is 39.3 Å². The predicted molar refractivity (Wildman–Crippen MR) is 138 cm³/mol. The quantitative estimate of drug-likeness (QED) is 0.568. The minimum atomic E-state index is -0.245. The van der Waals surface area contributed by atoms with Gasteiger partial charge in [-0.25, -0.2) is 4.98 Å². The summed E-state index contributed by atoms with van der Waals surface area (Å²) in [5.41, 5.74) is 4.38. The lowest BCUT2D eigenvalue weighted by Crippen LogP contribution is -2.44. The number of rotatable bonds is 8. The summed E-state index contributed by atoms with van der Waals surface area (Å²) in [7, 11) is 3.27. The molecule has 0 spiro atoms. The Bertz CT molecular complexity index is 1120. The molecule has 2 N–H and O–H groups in total. The Hall–Kier alpha value is -3.78. The van der Waals surface area contributed by atoms with E-state index in [4.69, 9.17) is 9.47 Å². The van der Waals surface area contributed by atoms with Gasteiger partial charge in [-0.05, 0) is 48.4 Å². The van der Waals surface area contributed by atoms with Gasteiger partial charge >= 0.3 is 0 Å². The summed E-state index contributed by atoms with van der Waals surface area (Å²) in [4.78, 5) is 22.3. The van der Waals surface area contributed by atoms with E-state index in [9.17, 15) is 4.79 Å². The molecule has 1 aromatic carbocycles. The van der Waals surface area contributed by atoms with E-state index in [1.165, 1.54) is 0 Å². The average Bonchev–Trinajstić information content (AvgIpc) is 3.33. The van der Waals surface area contributed by atoms with Crippen molar-refractivity contribution < 1.29 is 14.3 Å². The maximum Gasteiger partial charge on any atom is 0.274 e. The third-order valence-corrected chi connectivity index (χ3v) is 6.27. The number of anilines is 1. The van der Waals surface area contributed by atoms with Gasteiger partial charge in [-0.15, -0.1) is 0 Å². The number of nitrogens with zero attached hydrogens (tertiary/aromatic N) is 3. The first kappa shape index (κ1) is 24.3. The van der Waals surface area contributed by atoms with Crippen molar-refractivity contribution in [3.8, 4) is 11.5 Å². The molecule has 0 atom stereocenters. The van der Waals surface area contributed by atoms with E-state index in [-0.39, 0.29) is 5.91 Å². The van der Waals surface area contributed by atoms with E-state index >= 15 is 0 Å². The van der Waals surface area contributed by atoms with Crippen LogP contribution in [0, 0.1) is 0 Å². The summed E-state index contributed by atoms with van der Waals surface area (Å²) < 4.78 is 10.9. The van der Waals surface area contributed by atoms with Crippen molar-refractivity contribution in [2.75, 3.05) is 45.3 Å². The second-order valence-corrected chi connectivity index (χ2v) is 8.39. The van der Waals surface area contributed by atoms with Gasteiger partial charge in [0.25, 0.3) is 5.91 Å². The average molecular weight is 476 g/mol. The van der Waals surface area contributed by atoms with E-state index in [0.717, 1.165) is 54.5 Å². The molecule has 3 heterocycles. The van der Waals surface area contributed by atoms with Gasteiger partial charge in [0.15, 0.2) is 11.5 Å². The van der Waals surface area contributed by atoms with Crippen LogP contribution >= 0.6 is 0 Å². The molecule has 0 saturated carbocycles. The number of hydrogen-bond acceptors (Lipinski definition) is 7. The molecule has 0 bridgehead atoms. The third-order valence-electron chi connectivity index (χ3n) is 6.27. The smallest absolute Gasteiger partial charge is 0.274 e. The van der Waals surface area contributed by atoms with E-state index in [2.05, 4.69) is 32.0 Å². The van der Waals surface area contributed by atoms with Crippen molar-refractivity contribution in [1.82, 2.24) is 20.5 Å². The van der Waals surface area contributed by atoms with Crippen molar-refractivity contribution in [1.29, 1.82) is 0 Å². The van der Waals surface area contributed by atoms with Gasteiger partial charge in [-0.3, -0.25) is 4.79 Å². The van der Waals surface area contributed by atoms with Crippen LogP contribution in [0.5, 0.6) is 11.5 Å². The summed E-state index contributed by atoms with van der Waals surface area (Å²) in [6.45, 7) is 10.7. The van der Waals surface area contributed by atoms with Crippen molar-refractivity contribution in [2.45, 2.75) is 20.0 Å². The molecule has 1 aromatic heterocycles. The van der Waals surface area contributed by atoms with E-state index in [1.807, 2.05) is 43.3 Å². The Labute approximate surface area is 206 Å². The molecule has 184 valence electrons. The Morgan fingerprint density at radius 2 is 1.77 bits per heavy atom. The summed E-state index contributed by atoms with van der Waals surface area (Å²) in [5.74, 6) is 1.92. The number of fused-ring (bicyclic) bond motifs is 1. The highest BCUT2D eigenvalue weighted by atomic mass is 16.5. The fourth-order valence-electron chi connectivity index (χ4n) is 4.47. The standard InChI is InChI=1S/C27H33N5O3/c1-5-8-23(31-13-11-28-12-14-31)21(6-2)30-27(33)22-9-7-10-26(29-22)32-17-19-15-24(34-3)25(35-4)16-20(19)18-32/h5-10,15-16,28H,1,11-14,17-18H2,2-4H3,(H,30,33)/b21-6+,23-8+. The Morgan fingerprint density at radius 1 is 1.11 bits per heavy atom. The zero-order valence-electron chi connectivity index (χ0n) is 20.6. The van der Waals surface area contributed by atoms with Crippen LogP contribution in [0.4, 0.5) is 5.82 Å². The molecule has 1 saturated heterocycles. The van der Waals surface area contributed by atoms with Crippen LogP contribution in [0.15, 0.2) is 66.5 Å². The lowest BCUT2D eigenvalue weighted by molar-refractivity contribution is 0.0959. The number of benzene rings is 1. The molecule has 1 amide bonds. The molecule has 8 nitrogen and oxygen atoms in total. The maximum absolute atomic E-state index is 13.2. The highest BCUT2D eigenvalue weighted by molar-refractivity contribution is 5.94. The van der Waals surface area contributed by atoms with Crippen LogP contribution in [-0.4, -0.2) is 56.2 Å². The second-order valence-electron chi connectivity index (χ2n) is 8.39. The Balaban J connectivity index is 1.50. The van der Waals surface area contributed by atoms with Crippen molar-refractivity contribution in [3.63, 3.8) is 0 Å². The summed E-state index contributed by atoms with van der Waals surface area (Å²) in [6, 6.07) is 9.55. The van der Waals surface area contributed by atoms with Crippen LogP contribution in [-0.2, 0) is 13.1 Å². The zero-order valence-corrected chi connectivity index (χ0v) is 20.6. The number of carbonyl (C=O) groups excluding carboxylic acids is 1. The van der Waals surface area contributed by atoms with Crippen LogP contribution in [0.3, 0.4) is 0 Å². The van der Waals surface area contributed by atoms with Gasteiger partial charge < -0.3 is 29.9 Å². The van der Waals surface area contributed by atoms with E-state index < -0.39 is 0 Å². The number of carbonyl (C=O) groups is 1. The zero-order chi connectivity index (χ0) is 24.8. The number of nitrogens with one attached hydrogen (secondary N) is 2. The van der Waals surface area contributed by atoms with Gasteiger partial charge in [0.05, 0.1) is 25.6 Å². The number of ether oxygens (including phenoxy) is 2. The molecule has 2 aliphatic heterocycles. The SMILES string of the molecule is C=C/C=C(\C(=C/C)NC(=O)c1cccc(N2Cc3cc(OC)c(OC)cc3C2)n1)N1CCNCC1. The summed E-state index contributed by atoms with van der Waals surface area (Å²) >= 11 is 0. The number of hydrogen-bond donors (Lipinski definition) is 2. The van der Waals surface area contributed by atoms with E-state index in [1.54, 1.807) is 26.4 Å². The lowest BCUT2D eigenvalue weighted by atomic mass is 10.1.